The number of ether oxygens (including phenoxy) is 1. The molecule has 0 heterocycles. The molecule has 0 fully saturated rings. The van der Waals surface area contributed by atoms with Crippen LogP contribution < -0.4 is 0 Å². The van der Waals surface area contributed by atoms with E-state index in [-0.39, 0.29) is 0 Å². The molecule has 0 aliphatic heterocycles. The number of halogens is 5. The molecule has 0 saturated carbocycles. The smallest absolute Gasteiger partial charge is 0.376 e. The van der Waals surface area contributed by atoms with E-state index in [1.54, 1.807) is 0 Å². The lowest BCUT2D eigenvalue weighted by molar-refractivity contribution is -0.226. The molecule has 0 aromatic heterocycles. The van der Waals surface area contributed by atoms with Crippen molar-refractivity contribution in [2.24, 2.45) is 0 Å². The molecule has 1 aliphatic carbocycles. The van der Waals surface area contributed by atoms with Gasteiger partial charge in [-0.15, -0.1) is 0 Å². The van der Waals surface area contributed by atoms with Crippen molar-refractivity contribution in [2.45, 2.75) is 11.8 Å². The molecule has 1 aliphatic rings. The lowest BCUT2D eigenvalue weighted by atomic mass is 9.96. The van der Waals surface area contributed by atoms with Crippen LogP contribution in [0.2, 0.25) is 0 Å². The van der Waals surface area contributed by atoms with E-state index in [0.717, 1.165) is 0 Å². The molecule has 0 aromatic rings. The Labute approximate surface area is 64.1 Å². The third-order valence-electron chi connectivity index (χ3n) is 1.36. The zero-order valence-electron chi connectivity index (χ0n) is 5.58. The molecule has 0 saturated heterocycles. The van der Waals surface area contributed by atoms with Crippen molar-refractivity contribution in [3.63, 3.8) is 0 Å². The molecule has 6 heteroatoms. The number of hydrogen-bond donors (Lipinski definition) is 0. The van der Waals surface area contributed by atoms with Crippen molar-refractivity contribution < 1.29 is 26.7 Å². The summed E-state index contributed by atoms with van der Waals surface area (Å²) in [5.74, 6) is -13.2. The van der Waals surface area contributed by atoms with Crippen LogP contribution in [-0.2, 0) is 4.74 Å². The molecule has 68 valence electrons. The monoisotopic (exact) mass is 186 g/mol. The molecule has 0 radical (unpaired) electrons. The van der Waals surface area contributed by atoms with Gasteiger partial charge in [0.05, 0.1) is 6.26 Å². The normalized spacial score (nSPS) is 24.8. The maximum atomic E-state index is 12.2. The summed E-state index contributed by atoms with van der Waals surface area (Å²) in [5.41, 5.74) is 0. The van der Waals surface area contributed by atoms with Gasteiger partial charge in [0.25, 0.3) is 0 Å². The predicted molar refractivity (Wildman–Crippen MR) is 29.3 cm³/mol. The molecule has 0 N–H and O–H groups in total. The lowest BCUT2D eigenvalue weighted by Crippen LogP contribution is -2.52. The van der Waals surface area contributed by atoms with Crippen LogP contribution >= 0.6 is 0 Å². The van der Waals surface area contributed by atoms with Crippen LogP contribution in [0.3, 0.4) is 0 Å². The largest absolute Gasteiger partial charge is 0.460 e. The Balaban J connectivity index is 3.03. The van der Waals surface area contributed by atoms with Gasteiger partial charge in [-0.3, -0.25) is 0 Å². The fourth-order valence-electron chi connectivity index (χ4n) is 0.707. The van der Waals surface area contributed by atoms with Crippen molar-refractivity contribution in [3.05, 3.63) is 24.4 Å². The van der Waals surface area contributed by atoms with Crippen LogP contribution in [-0.4, -0.2) is 11.8 Å². The zero-order chi connectivity index (χ0) is 9.57. The van der Waals surface area contributed by atoms with Crippen LogP contribution in [0, 0.1) is 0 Å². The predicted octanol–water partition coefficient (Wildman–Crippen LogP) is 2.61. The summed E-state index contributed by atoms with van der Waals surface area (Å²) in [6, 6.07) is 0. The maximum absolute atomic E-state index is 12.2. The van der Waals surface area contributed by atoms with Gasteiger partial charge in [0, 0.05) is 0 Å². The summed E-state index contributed by atoms with van der Waals surface area (Å²) in [4.78, 5) is 0. The second kappa shape index (κ2) is 2.21. The van der Waals surface area contributed by atoms with E-state index in [9.17, 15) is 22.0 Å². The highest BCUT2D eigenvalue weighted by molar-refractivity contribution is 5.35. The molecule has 1 rings (SSSR count). The van der Waals surface area contributed by atoms with Gasteiger partial charge in [0.15, 0.2) is 0 Å². The summed E-state index contributed by atoms with van der Waals surface area (Å²) >= 11 is 0. The average molecular weight is 186 g/mol. The van der Waals surface area contributed by atoms with Crippen LogP contribution in [0.1, 0.15) is 0 Å². The Morgan fingerprint density at radius 1 is 1.17 bits per heavy atom. The molecular formula is C6H3F5O. The van der Waals surface area contributed by atoms with Gasteiger partial charge in [-0.2, -0.15) is 17.6 Å². The molecule has 0 amide bonds. The van der Waals surface area contributed by atoms with Crippen molar-refractivity contribution in [1.29, 1.82) is 0 Å². The lowest BCUT2D eigenvalue weighted by Gasteiger charge is -2.34. The van der Waals surface area contributed by atoms with E-state index in [2.05, 4.69) is 11.3 Å². The summed E-state index contributed by atoms with van der Waals surface area (Å²) in [6.45, 7) is 2.83. The van der Waals surface area contributed by atoms with E-state index in [0.29, 0.717) is 6.26 Å². The van der Waals surface area contributed by atoms with Gasteiger partial charge in [0.2, 0.25) is 11.6 Å². The third kappa shape index (κ3) is 0.774. The highest BCUT2D eigenvalue weighted by atomic mass is 19.3. The van der Waals surface area contributed by atoms with Gasteiger partial charge < -0.3 is 4.74 Å². The van der Waals surface area contributed by atoms with E-state index in [1.165, 1.54) is 0 Å². The molecule has 12 heavy (non-hydrogen) atoms. The Bertz CT molecular complexity index is 255. The third-order valence-corrected chi connectivity index (χ3v) is 1.36. The van der Waals surface area contributed by atoms with Crippen molar-refractivity contribution in [1.82, 2.24) is 0 Å². The molecule has 0 bridgehead atoms. The number of alkyl halides is 4. The standard InChI is InChI=1S/C6H3F5O/c1-2-12-4-3(7)5(8,9)6(4,10)11/h2H,1H2. The Hall–Kier alpha value is -1.07. The van der Waals surface area contributed by atoms with Crippen LogP contribution in [0.25, 0.3) is 0 Å². The minimum Gasteiger partial charge on any atom is -0.460 e. The molecule has 0 unspecified atom stereocenters. The first-order valence-corrected chi connectivity index (χ1v) is 2.79. The molecule has 0 spiro atoms. The molecule has 0 atom stereocenters. The summed E-state index contributed by atoms with van der Waals surface area (Å²) in [6.07, 6.45) is 0.456. The number of rotatable bonds is 2. The van der Waals surface area contributed by atoms with Crippen LogP contribution in [0.5, 0.6) is 0 Å². The van der Waals surface area contributed by atoms with Gasteiger partial charge in [-0.05, 0) is 0 Å². The maximum Gasteiger partial charge on any atom is 0.376 e. The highest BCUT2D eigenvalue weighted by Gasteiger charge is 2.74. The first-order valence-electron chi connectivity index (χ1n) is 2.79. The fourth-order valence-corrected chi connectivity index (χ4v) is 0.707. The van der Waals surface area contributed by atoms with Crippen molar-refractivity contribution in [3.8, 4) is 0 Å². The zero-order valence-corrected chi connectivity index (χ0v) is 5.58. The van der Waals surface area contributed by atoms with Crippen molar-refractivity contribution >= 4 is 0 Å². The van der Waals surface area contributed by atoms with E-state index in [4.69, 9.17) is 0 Å². The minimum absolute atomic E-state index is 0.456. The van der Waals surface area contributed by atoms with Gasteiger partial charge in [-0.1, -0.05) is 6.58 Å². The number of hydrogen-bond acceptors (Lipinski definition) is 1. The molecule has 1 nitrogen and oxygen atoms in total. The first kappa shape index (κ1) is 9.02. The Morgan fingerprint density at radius 3 is 2.00 bits per heavy atom. The van der Waals surface area contributed by atoms with E-state index in [1.807, 2.05) is 0 Å². The molecular weight excluding hydrogens is 183 g/mol. The summed E-state index contributed by atoms with van der Waals surface area (Å²) in [5, 5.41) is 0. The van der Waals surface area contributed by atoms with Gasteiger partial charge in [-0.25, -0.2) is 4.39 Å². The van der Waals surface area contributed by atoms with Crippen LogP contribution in [0.15, 0.2) is 24.4 Å². The second-order valence-corrected chi connectivity index (χ2v) is 2.08. The van der Waals surface area contributed by atoms with Gasteiger partial charge >= 0.3 is 11.8 Å². The Morgan fingerprint density at radius 2 is 1.67 bits per heavy atom. The highest BCUT2D eigenvalue weighted by Crippen LogP contribution is 2.56. The minimum atomic E-state index is -4.74. The fraction of sp³-hybridized carbons (Fsp3) is 0.333. The quantitative estimate of drug-likeness (QED) is 0.475. The van der Waals surface area contributed by atoms with E-state index < -0.39 is 23.4 Å². The molecule has 0 aromatic carbocycles. The summed E-state index contributed by atoms with van der Waals surface area (Å²) < 4.78 is 64.3. The SMILES string of the molecule is C=COC1=C(F)C(F)(F)C1(F)F. The van der Waals surface area contributed by atoms with Crippen molar-refractivity contribution in [2.75, 3.05) is 0 Å². The average Bonchev–Trinajstić information content (AvgIpc) is 1.98. The first-order chi connectivity index (χ1) is 5.35. The second-order valence-electron chi connectivity index (χ2n) is 2.08. The Kier molecular flexibility index (Phi) is 1.66. The number of allylic oxidation sites excluding steroid dienone is 2. The van der Waals surface area contributed by atoms with Crippen LogP contribution in [0.4, 0.5) is 22.0 Å². The topological polar surface area (TPSA) is 9.23 Å². The van der Waals surface area contributed by atoms with E-state index >= 15 is 0 Å². The van der Waals surface area contributed by atoms with Gasteiger partial charge in [0.1, 0.15) is 0 Å². The summed E-state index contributed by atoms with van der Waals surface area (Å²) in [7, 11) is 0.